The van der Waals surface area contributed by atoms with Crippen molar-refractivity contribution in [1.29, 1.82) is 0 Å². The normalized spacial score (nSPS) is 15.2. The average Bonchev–Trinajstić information content (AvgIpc) is 2.62. The molecule has 0 spiro atoms. The lowest BCUT2D eigenvalue weighted by molar-refractivity contribution is 0.00670. The van der Waals surface area contributed by atoms with Crippen LogP contribution in [0.2, 0.25) is 0 Å². The van der Waals surface area contributed by atoms with Crippen LogP contribution in [0.1, 0.15) is 68.6 Å². The maximum absolute atomic E-state index is 13.6. The minimum Gasteiger partial charge on any atom is -0.456 e. The van der Waals surface area contributed by atoms with E-state index in [0.717, 1.165) is 0 Å². The Balaban J connectivity index is 2.50. The number of amides is 1. The van der Waals surface area contributed by atoms with Gasteiger partial charge in [-0.05, 0) is 67.9 Å². The molecule has 1 aliphatic rings. The smallest absolute Gasteiger partial charge is 0.456 e. The number of benzene rings is 1. The monoisotopic (exact) mass is 502 g/mol. The molecular weight excluding hydrogens is 467 g/mol. The van der Waals surface area contributed by atoms with Gasteiger partial charge in [0.15, 0.2) is 5.75 Å². The van der Waals surface area contributed by atoms with Crippen LogP contribution < -0.4 is 9.08 Å². The number of halogens is 1. The summed E-state index contributed by atoms with van der Waals surface area (Å²) < 4.78 is 51.9. The fraction of sp³-hybridized carbons (Fsp3) is 0.652. The van der Waals surface area contributed by atoms with Crippen LogP contribution in [0, 0.1) is 20.8 Å². The van der Waals surface area contributed by atoms with E-state index in [1.165, 1.54) is 6.92 Å². The molecule has 2 rings (SSSR count). The van der Waals surface area contributed by atoms with E-state index in [-0.39, 0.29) is 16.9 Å². The predicted octanol–water partition coefficient (Wildman–Crippen LogP) is 4.22. The third kappa shape index (κ3) is 6.97. The van der Waals surface area contributed by atoms with Gasteiger partial charge in [-0.25, -0.2) is 9.59 Å². The number of ether oxygens (including phenoxy) is 2. The van der Waals surface area contributed by atoms with E-state index in [0.29, 0.717) is 43.0 Å². The van der Waals surface area contributed by atoms with Crippen LogP contribution >= 0.6 is 0 Å². The van der Waals surface area contributed by atoms with Gasteiger partial charge < -0.3 is 23.5 Å². The van der Waals surface area contributed by atoms with Crippen molar-refractivity contribution in [2.45, 2.75) is 73.5 Å². The molecule has 34 heavy (non-hydrogen) atoms. The molecule has 0 radical (unpaired) electrons. The number of piperazine rings is 1. The molecular formula is C23H35FN2O7S. The molecule has 0 aliphatic carbocycles. The maximum atomic E-state index is 13.6. The van der Waals surface area contributed by atoms with Crippen molar-refractivity contribution in [3.05, 3.63) is 22.3 Å². The Morgan fingerprint density at radius 2 is 1.32 bits per heavy atom. The molecule has 0 N–H and O–H groups in total. The van der Waals surface area contributed by atoms with Crippen molar-refractivity contribution >= 4 is 28.3 Å². The van der Waals surface area contributed by atoms with E-state index in [4.69, 9.17) is 9.47 Å². The van der Waals surface area contributed by atoms with Gasteiger partial charge in [0.05, 0.1) is 5.56 Å². The molecule has 192 valence electrons. The Morgan fingerprint density at radius 1 is 0.824 bits per heavy atom. The predicted molar refractivity (Wildman–Crippen MR) is 126 cm³/mol. The summed E-state index contributed by atoms with van der Waals surface area (Å²) >= 11 is 0. The summed E-state index contributed by atoms with van der Waals surface area (Å²) in [4.78, 5) is 28.9. The van der Waals surface area contributed by atoms with Crippen molar-refractivity contribution < 1.29 is 35.5 Å². The van der Waals surface area contributed by atoms with Crippen molar-refractivity contribution in [2.24, 2.45) is 0 Å². The highest BCUT2D eigenvalue weighted by Crippen LogP contribution is 2.40. The zero-order valence-electron chi connectivity index (χ0n) is 21.4. The van der Waals surface area contributed by atoms with Crippen LogP contribution in [-0.2, 0) is 20.0 Å². The van der Waals surface area contributed by atoms with Crippen LogP contribution in [0.4, 0.5) is 14.4 Å². The largest absolute Gasteiger partial charge is 0.488 e. The first kappa shape index (κ1) is 27.7. The number of esters is 1. The van der Waals surface area contributed by atoms with Crippen molar-refractivity contribution in [1.82, 2.24) is 4.90 Å². The van der Waals surface area contributed by atoms with E-state index in [1.807, 2.05) is 4.90 Å². The van der Waals surface area contributed by atoms with Gasteiger partial charge in [-0.15, -0.1) is 0 Å². The minimum atomic E-state index is -5.34. The Morgan fingerprint density at radius 3 is 1.76 bits per heavy atom. The molecule has 9 nitrogen and oxygen atoms in total. The zero-order valence-corrected chi connectivity index (χ0v) is 22.2. The fourth-order valence-electron chi connectivity index (χ4n) is 3.96. The number of hydrogen-bond donors (Lipinski definition) is 0. The molecule has 1 saturated heterocycles. The average molecular weight is 503 g/mol. The minimum absolute atomic E-state index is 0.115. The van der Waals surface area contributed by atoms with Crippen LogP contribution in [0.3, 0.4) is 0 Å². The molecule has 1 fully saturated rings. The Kier molecular flexibility index (Phi) is 7.81. The van der Waals surface area contributed by atoms with Gasteiger partial charge in [-0.1, -0.05) is 3.89 Å². The molecule has 1 aromatic rings. The molecule has 0 saturated carbocycles. The van der Waals surface area contributed by atoms with Crippen molar-refractivity contribution in [3.63, 3.8) is 0 Å². The summed E-state index contributed by atoms with van der Waals surface area (Å²) in [5.74, 6) is -0.921. The third-order valence-corrected chi connectivity index (χ3v) is 5.54. The molecule has 0 aromatic heterocycles. The highest BCUT2D eigenvalue weighted by atomic mass is 32.3. The highest BCUT2D eigenvalue weighted by molar-refractivity contribution is 7.81. The maximum Gasteiger partial charge on any atom is 0.488 e. The summed E-state index contributed by atoms with van der Waals surface area (Å²) in [6.45, 7) is 16.8. The zero-order chi connectivity index (χ0) is 26.2. The number of anilines is 1. The fourth-order valence-corrected chi connectivity index (χ4v) is 4.41. The highest BCUT2D eigenvalue weighted by Gasteiger charge is 2.32. The SMILES string of the molecule is Cc1c(OS(=O)(=O)F)c(C)c(N2CCN(C(=O)OC(C)(C)C)CC2)c(C)c1C(=O)OC(C)(C)C. The second-order valence-electron chi connectivity index (χ2n) is 10.4. The second-order valence-corrected chi connectivity index (χ2v) is 11.3. The number of carbonyl (C=O) groups excluding carboxylic acids is 2. The van der Waals surface area contributed by atoms with Gasteiger partial charge in [-0.2, -0.15) is 8.42 Å². The molecule has 0 atom stereocenters. The Hall–Kier alpha value is -2.56. The summed E-state index contributed by atoms with van der Waals surface area (Å²) in [5, 5.41) is 0. The molecule has 0 bridgehead atoms. The lowest BCUT2D eigenvalue weighted by Gasteiger charge is -2.38. The summed E-state index contributed by atoms with van der Waals surface area (Å²) in [5.41, 5.74) is 0.324. The van der Waals surface area contributed by atoms with Crippen molar-refractivity contribution in [2.75, 3.05) is 31.1 Å². The third-order valence-electron chi connectivity index (χ3n) is 5.18. The van der Waals surface area contributed by atoms with Gasteiger partial charge in [-0.3, -0.25) is 0 Å². The Labute approximate surface area is 201 Å². The number of hydrogen-bond acceptors (Lipinski definition) is 8. The number of nitrogens with zero attached hydrogens (tertiary/aromatic N) is 2. The first-order valence-electron chi connectivity index (χ1n) is 11.0. The molecule has 11 heteroatoms. The van der Waals surface area contributed by atoms with E-state index in [2.05, 4.69) is 4.18 Å². The van der Waals surface area contributed by atoms with E-state index >= 15 is 0 Å². The second kappa shape index (κ2) is 9.59. The quantitative estimate of drug-likeness (QED) is 0.446. The summed E-state index contributed by atoms with van der Waals surface area (Å²) in [6, 6.07) is 0. The van der Waals surface area contributed by atoms with Crippen LogP contribution in [0.5, 0.6) is 5.75 Å². The van der Waals surface area contributed by atoms with Crippen LogP contribution in [0.15, 0.2) is 0 Å². The van der Waals surface area contributed by atoms with Gasteiger partial charge >= 0.3 is 22.6 Å². The lowest BCUT2D eigenvalue weighted by Crippen LogP contribution is -2.50. The molecule has 1 amide bonds. The standard InChI is InChI=1S/C23H35FN2O7S/c1-14-17(20(27)31-22(4,5)6)15(2)19(33-34(24,29)30)16(3)18(14)25-10-12-26(13-11-25)21(28)32-23(7,8)9/h10-13H2,1-9H3. The van der Waals surface area contributed by atoms with E-state index < -0.39 is 33.8 Å². The van der Waals surface area contributed by atoms with Gasteiger partial charge in [0.1, 0.15) is 11.2 Å². The van der Waals surface area contributed by atoms with E-state index in [9.17, 15) is 21.9 Å². The van der Waals surface area contributed by atoms with E-state index in [1.54, 1.807) is 60.3 Å². The molecule has 1 heterocycles. The Bertz CT molecular complexity index is 1060. The molecule has 1 aliphatic heterocycles. The first-order valence-corrected chi connectivity index (χ1v) is 12.4. The number of carbonyl (C=O) groups is 2. The number of rotatable bonds is 4. The first-order chi connectivity index (χ1) is 15.3. The van der Waals surface area contributed by atoms with Gasteiger partial charge in [0, 0.05) is 43.0 Å². The lowest BCUT2D eigenvalue weighted by atomic mass is 9.94. The molecule has 0 unspecified atom stereocenters. The van der Waals surface area contributed by atoms with Crippen LogP contribution in [0.25, 0.3) is 0 Å². The van der Waals surface area contributed by atoms with Gasteiger partial charge in [0.25, 0.3) is 0 Å². The van der Waals surface area contributed by atoms with Crippen molar-refractivity contribution in [3.8, 4) is 5.75 Å². The van der Waals surface area contributed by atoms with Gasteiger partial charge in [0.2, 0.25) is 0 Å². The molecule has 1 aromatic carbocycles. The summed E-state index contributed by atoms with van der Waals surface area (Å²) in [6.07, 6.45) is -0.425. The van der Waals surface area contributed by atoms with Crippen LogP contribution in [-0.4, -0.2) is 62.8 Å². The topological polar surface area (TPSA) is 102 Å². The summed E-state index contributed by atoms with van der Waals surface area (Å²) in [7, 11) is -5.34.